The van der Waals surface area contributed by atoms with Crippen LogP contribution < -0.4 is 0 Å². The Morgan fingerprint density at radius 3 is 2.70 bits per heavy atom. The molecule has 1 fully saturated rings. The zero-order valence-corrected chi connectivity index (χ0v) is 6.59. The van der Waals surface area contributed by atoms with E-state index in [2.05, 4.69) is 0 Å². The zero-order valence-electron chi connectivity index (χ0n) is 6.59. The van der Waals surface area contributed by atoms with E-state index < -0.39 is 0 Å². The normalized spacial score (nSPS) is 34.4. The summed E-state index contributed by atoms with van der Waals surface area (Å²) in [6.45, 7) is 1.98. The van der Waals surface area contributed by atoms with Gasteiger partial charge in [-0.05, 0) is 19.3 Å². The molecule has 58 valence electrons. The summed E-state index contributed by atoms with van der Waals surface area (Å²) in [6.07, 6.45) is 2.98. The Bertz CT molecular complexity index is 131. The summed E-state index contributed by atoms with van der Waals surface area (Å²) in [5, 5.41) is 0. The van der Waals surface area contributed by atoms with E-state index in [1.54, 1.807) is 7.11 Å². The Morgan fingerprint density at radius 2 is 2.20 bits per heavy atom. The van der Waals surface area contributed by atoms with Crippen LogP contribution in [0.25, 0.3) is 0 Å². The van der Waals surface area contributed by atoms with Crippen molar-refractivity contribution in [2.75, 3.05) is 7.11 Å². The first kappa shape index (κ1) is 7.73. The molecular weight excluding hydrogens is 128 g/mol. The van der Waals surface area contributed by atoms with Gasteiger partial charge in [0.1, 0.15) is 6.10 Å². The number of Topliss-reactive ketones (excluding diaryl/α,β-unsaturated/α-hetero) is 1. The fourth-order valence-electron chi connectivity index (χ4n) is 1.45. The second-order valence-corrected chi connectivity index (χ2v) is 2.96. The van der Waals surface area contributed by atoms with E-state index >= 15 is 0 Å². The quantitative estimate of drug-likeness (QED) is 0.553. The molecule has 2 heteroatoms. The maximum absolute atomic E-state index is 11.2. The molecule has 0 aromatic rings. The van der Waals surface area contributed by atoms with Gasteiger partial charge in [0, 0.05) is 13.0 Å². The molecule has 0 aromatic heterocycles. The van der Waals surface area contributed by atoms with Gasteiger partial charge in [0.05, 0.1) is 0 Å². The van der Waals surface area contributed by atoms with Gasteiger partial charge in [-0.2, -0.15) is 0 Å². The van der Waals surface area contributed by atoms with Crippen molar-refractivity contribution in [3.8, 4) is 0 Å². The average molecular weight is 142 g/mol. The molecular formula is C8H14O2. The number of ether oxygens (including phenoxy) is 1. The van der Waals surface area contributed by atoms with Crippen LogP contribution in [0.2, 0.25) is 0 Å². The molecule has 0 spiro atoms. The summed E-state index contributed by atoms with van der Waals surface area (Å²) < 4.78 is 5.02. The van der Waals surface area contributed by atoms with Gasteiger partial charge in [0.25, 0.3) is 0 Å². The van der Waals surface area contributed by atoms with Crippen LogP contribution in [0.4, 0.5) is 0 Å². The van der Waals surface area contributed by atoms with Crippen molar-refractivity contribution >= 4 is 5.78 Å². The second kappa shape index (κ2) is 3.15. The van der Waals surface area contributed by atoms with Crippen LogP contribution in [0.5, 0.6) is 0 Å². The van der Waals surface area contributed by atoms with Crippen LogP contribution in [0, 0.1) is 5.92 Å². The van der Waals surface area contributed by atoms with Crippen LogP contribution >= 0.6 is 0 Å². The van der Waals surface area contributed by atoms with Gasteiger partial charge in [0.2, 0.25) is 0 Å². The Morgan fingerprint density at radius 1 is 1.50 bits per heavy atom. The van der Waals surface area contributed by atoms with Crippen molar-refractivity contribution in [1.29, 1.82) is 0 Å². The van der Waals surface area contributed by atoms with Crippen molar-refractivity contribution in [2.24, 2.45) is 5.92 Å². The Hall–Kier alpha value is -0.370. The molecule has 0 N–H and O–H groups in total. The summed E-state index contributed by atoms with van der Waals surface area (Å²) in [5.74, 6) is 0.507. The minimum Gasteiger partial charge on any atom is -0.374 e. The van der Waals surface area contributed by atoms with Gasteiger partial charge in [-0.25, -0.2) is 0 Å². The number of rotatable bonds is 1. The number of hydrogen-bond acceptors (Lipinski definition) is 2. The number of carbonyl (C=O) groups excluding carboxylic acids is 1. The van der Waals surface area contributed by atoms with E-state index in [4.69, 9.17) is 4.74 Å². The third-order valence-corrected chi connectivity index (χ3v) is 2.19. The summed E-state index contributed by atoms with van der Waals surface area (Å²) in [6, 6.07) is 0. The lowest BCUT2D eigenvalue weighted by molar-refractivity contribution is -0.135. The summed E-state index contributed by atoms with van der Waals surface area (Å²) in [5.41, 5.74) is 0. The van der Waals surface area contributed by atoms with Gasteiger partial charge < -0.3 is 4.74 Å². The Kier molecular flexibility index (Phi) is 2.44. The highest BCUT2D eigenvalue weighted by atomic mass is 16.5. The van der Waals surface area contributed by atoms with Crippen molar-refractivity contribution < 1.29 is 9.53 Å². The fraction of sp³-hybridized carbons (Fsp3) is 0.875. The summed E-state index contributed by atoms with van der Waals surface area (Å²) in [4.78, 5) is 11.2. The van der Waals surface area contributed by atoms with E-state index in [1.165, 1.54) is 0 Å². The highest BCUT2D eigenvalue weighted by molar-refractivity contribution is 5.85. The van der Waals surface area contributed by atoms with Crippen LogP contribution in [-0.2, 0) is 9.53 Å². The first-order valence-corrected chi connectivity index (χ1v) is 3.82. The van der Waals surface area contributed by atoms with Crippen molar-refractivity contribution in [3.63, 3.8) is 0 Å². The fourth-order valence-corrected chi connectivity index (χ4v) is 1.45. The predicted molar refractivity (Wildman–Crippen MR) is 38.8 cm³/mol. The smallest absolute Gasteiger partial charge is 0.164 e. The van der Waals surface area contributed by atoms with Crippen molar-refractivity contribution in [2.45, 2.75) is 32.3 Å². The van der Waals surface area contributed by atoms with Gasteiger partial charge in [-0.3, -0.25) is 4.79 Å². The van der Waals surface area contributed by atoms with Gasteiger partial charge in [0.15, 0.2) is 5.78 Å². The largest absolute Gasteiger partial charge is 0.374 e. The van der Waals surface area contributed by atoms with E-state index in [1.807, 2.05) is 6.92 Å². The number of ketones is 1. The molecule has 1 aliphatic rings. The first-order chi connectivity index (χ1) is 4.75. The third kappa shape index (κ3) is 1.37. The molecule has 0 radical (unpaired) electrons. The van der Waals surface area contributed by atoms with Crippen molar-refractivity contribution in [1.82, 2.24) is 0 Å². The van der Waals surface area contributed by atoms with Crippen LogP contribution in [0.1, 0.15) is 26.2 Å². The minimum absolute atomic E-state index is 0.108. The van der Waals surface area contributed by atoms with E-state index in [0.717, 1.165) is 19.3 Å². The average Bonchev–Trinajstić information content (AvgIpc) is 1.95. The molecule has 2 unspecified atom stereocenters. The molecule has 0 aromatic carbocycles. The second-order valence-electron chi connectivity index (χ2n) is 2.96. The van der Waals surface area contributed by atoms with Gasteiger partial charge in [-0.15, -0.1) is 0 Å². The summed E-state index contributed by atoms with van der Waals surface area (Å²) >= 11 is 0. The molecule has 2 nitrogen and oxygen atoms in total. The lowest BCUT2D eigenvalue weighted by Gasteiger charge is -2.23. The number of carbonyl (C=O) groups is 1. The van der Waals surface area contributed by atoms with Crippen LogP contribution in [-0.4, -0.2) is 19.0 Å². The molecule has 1 rings (SSSR count). The molecule has 10 heavy (non-hydrogen) atoms. The lowest BCUT2D eigenvalue weighted by atomic mass is 9.87. The monoisotopic (exact) mass is 142 g/mol. The van der Waals surface area contributed by atoms with E-state index in [0.29, 0.717) is 0 Å². The standard InChI is InChI=1S/C8H14O2/c1-6-4-3-5-7(10-2)8(6)9/h6-7H,3-5H2,1-2H3. The molecule has 0 heterocycles. The Balaban J connectivity index is 2.51. The predicted octanol–water partition coefficient (Wildman–Crippen LogP) is 1.39. The molecule has 0 saturated heterocycles. The summed E-state index contributed by atoms with van der Waals surface area (Å²) in [7, 11) is 1.61. The third-order valence-electron chi connectivity index (χ3n) is 2.19. The van der Waals surface area contributed by atoms with Gasteiger partial charge in [-0.1, -0.05) is 6.92 Å². The maximum atomic E-state index is 11.2. The van der Waals surface area contributed by atoms with E-state index in [9.17, 15) is 4.79 Å². The highest BCUT2D eigenvalue weighted by Gasteiger charge is 2.27. The van der Waals surface area contributed by atoms with Gasteiger partial charge >= 0.3 is 0 Å². The van der Waals surface area contributed by atoms with Crippen LogP contribution in [0.15, 0.2) is 0 Å². The minimum atomic E-state index is -0.108. The molecule has 1 saturated carbocycles. The maximum Gasteiger partial charge on any atom is 0.164 e. The lowest BCUT2D eigenvalue weighted by Crippen LogP contribution is -2.32. The molecule has 0 amide bonds. The SMILES string of the molecule is COC1CCCC(C)C1=O. The molecule has 0 bridgehead atoms. The zero-order chi connectivity index (χ0) is 7.56. The Labute approximate surface area is 61.6 Å². The van der Waals surface area contributed by atoms with Crippen molar-refractivity contribution in [3.05, 3.63) is 0 Å². The first-order valence-electron chi connectivity index (χ1n) is 3.82. The number of hydrogen-bond donors (Lipinski definition) is 0. The molecule has 1 aliphatic carbocycles. The molecule has 2 atom stereocenters. The topological polar surface area (TPSA) is 26.3 Å². The molecule has 0 aliphatic heterocycles. The highest BCUT2D eigenvalue weighted by Crippen LogP contribution is 2.21. The van der Waals surface area contributed by atoms with E-state index in [-0.39, 0.29) is 17.8 Å². The van der Waals surface area contributed by atoms with Crippen LogP contribution in [0.3, 0.4) is 0 Å². The number of methoxy groups -OCH3 is 1.